The van der Waals surface area contributed by atoms with Crippen LogP contribution >= 0.6 is 0 Å². The van der Waals surface area contributed by atoms with Crippen LogP contribution < -0.4 is 5.32 Å². The van der Waals surface area contributed by atoms with Crippen LogP contribution in [0.1, 0.15) is 18.4 Å². The smallest absolute Gasteiger partial charge is 0.222 e. The molecule has 2 aliphatic heterocycles. The predicted molar refractivity (Wildman–Crippen MR) is 71.3 cm³/mol. The van der Waals surface area contributed by atoms with Crippen molar-refractivity contribution in [3.8, 4) is 0 Å². The molecule has 0 bridgehead atoms. The van der Waals surface area contributed by atoms with E-state index in [4.69, 9.17) is 0 Å². The molecule has 0 unspecified atom stereocenters. The van der Waals surface area contributed by atoms with Gasteiger partial charge in [0.2, 0.25) is 5.91 Å². The third-order valence-electron chi connectivity index (χ3n) is 4.21. The highest BCUT2D eigenvalue weighted by Gasteiger charge is 2.46. The molecule has 0 radical (unpaired) electrons. The molecular formula is C15H20N2O. The molecule has 2 saturated heterocycles. The van der Waals surface area contributed by atoms with Crippen LogP contribution in [0, 0.1) is 5.41 Å². The van der Waals surface area contributed by atoms with Gasteiger partial charge in [-0.2, -0.15) is 0 Å². The molecule has 0 aromatic heterocycles. The summed E-state index contributed by atoms with van der Waals surface area (Å²) in [4.78, 5) is 14.1. The molecule has 3 rings (SSSR count). The van der Waals surface area contributed by atoms with Crippen LogP contribution in [-0.4, -0.2) is 37.0 Å². The number of benzene rings is 1. The standard InChI is InChI=1S/C15H20N2O/c18-14(7-6-13-4-2-1-3-5-13)17-11-15(12-17)8-9-16-10-15/h1-5,16H,6-12H2. The number of carbonyl (C=O) groups is 1. The van der Waals surface area contributed by atoms with E-state index in [-0.39, 0.29) is 0 Å². The van der Waals surface area contributed by atoms with Crippen molar-refractivity contribution >= 4 is 5.91 Å². The average molecular weight is 244 g/mol. The molecule has 3 heteroatoms. The SMILES string of the molecule is O=C(CCc1ccccc1)N1CC2(CCNC2)C1. The summed E-state index contributed by atoms with van der Waals surface area (Å²) < 4.78 is 0. The molecule has 18 heavy (non-hydrogen) atoms. The summed E-state index contributed by atoms with van der Waals surface area (Å²) in [7, 11) is 0. The number of hydrogen-bond acceptors (Lipinski definition) is 2. The van der Waals surface area contributed by atoms with Gasteiger partial charge in [-0.05, 0) is 24.9 Å². The Kier molecular flexibility index (Phi) is 3.08. The molecule has 0 saturated carbocycles. The third-order valence-corrected chi connectivity index (χ3v) is 4.21. The Morgan fingerprint density at radius 3 is 2.72 bits per heavy atom. The van der Waals surface area contributed by atoms with Crippen molar-refractivity contribution in [3.05, 3.63) is 35.9 Å². The first-order valence-electron chi connectivity index (χ1n) is 6.80. The second-order valence-corrected chi connectivity index (χ2v) is 5.66. The number of nitrogens with one attached hydrogen (secondary N) is 1. The number of nitrogens with zero attached hydrogens (tertiary/aromatic N) is 1. The molecule has 0 atom stereocenters. The first-order valence-corrected chi connectivity index (χ1v) is 6.80. The van der Waals surface area contributed by atoms with Gasteiger partial charge in [0.05, 0.1) is 0 Å². The molecule has 0 aliphatic carbocycles. The van der Waals surface area contributed by atoms with Gasteiger partial charge < -0.3 is 10.2 Å². The molecule has 1 spiro atoms. The van der Waals surface area contributed by atoms with Gasteiger partial charge >= 0.3 is 0 Å². The Morgan fingerprint density at radius 1 is 1.28 bits per heavy atom. The van der Waals surface area contributed by atoms with E-state index in [0.717, 1.165) is 32.6 Å². The van der Waals surface area contributed by atoms with Gasteiger partial charge in [-0.25, -0.2) is 0 Å². The van der Waals surface area contributed by atoms with Crippen LogP contribution in [0.4, 0.5) is 0 Å². The lowest BCUT2D eigenvalue weighted by molar-refractivity contribution is -0.142. The fraction of sp³-hybridized carbons (Fsp3) is 0.533. The summed E-state index contributed by atoms with van der Waals surface area (Å²) >= 11 is 0. The number of amides is 1. The lowest BCUT2D eigenvalue weighted by atomic mass is 9.79. The van der Waals surface area contributed by atoms with Crippen LogP contribution in [0.3, 0.4) is 0 Å². The van der Waals surface area contributed by atoms with E-state index in [1.54, 1.807) is 0 Å². The Bertz CT molecular complexity index is 415. The minimum Gasteiger partial charge on any atom is -0.341 e. The maximum Gasteiger partial charge on any atom is 0.222 e. The van der Waals surface area contributed by atoms with Crippen molar-refractivity contribution in [1.82, 2.24) is 10.2 Å². The van der Waals surface area contributed by atoms with E-state index in [2.05, 4.69) is 17.4 Å². The first-order chi connectivity index (χ1) is 8.77. The summed E-state index contributed by atoms with van der Waals surface area (Å²) in [6.45, 7) is 4.14. The van der Waals surface area contributed by atoms with Crippen molar-refractivity contribution in [2.45, 2.75) is 19.3 Å². The topological polar surface area (TPSA) is 32.3 Å². The van der Waals surface area contributed by atoms with Crippen LogP contribution in [0.2, 0.25) is 0 Å². The number of carbonyl (C=O) groups excluding carboxylic acids is 1. The normalized spacial score (nSPS) is 21.0. The van der Waals surface area contributed by atoms with Gasteiger partial charge in [-0.15, -0.1) is 0 Å². The van der Waals surface area contributed by atoms with E-state index in [9.17, 15) is 4.79 Å². The van der Waals surface area contributed by atoms with Gasteiger partial charge in [0.1, 0.15) is 0 Å². The van der Waals surface area contributed by atoms with Crippen LogP contribution in [0.15, 0.2) is 30.3 Å². The van der Waals surface area contributed by atoms with Crippen molar-refractivity contribution in [2.75, 3.05) is 26.2 Å². The van der Waals surface area contributed by atoms with Gasteiger partial charge in [0.25, 0.3) is 0 Å². The van der Waals surface area contributed by atoms with Gasteiger partial charge in [0.15, 0.2) is 0 Å². The fourth-order valence-electron chi connectivity index (χ4n) is 3.06. The minimum absolute atomic E-state index is 0.316. The predicted octanol–water partition coefficient (Wildman–Crippen LogP) is 1.44. The van der Waals surface area contributed by atoms with E-state index in [0.29, 0.717) is 17.7 Å². The summed E-state index contributed by atoms with van der Waals surface area (Å²) in [6.07, 6.45) is 2.74. The summed E-state index contributed by atoms with van der Waals surface area (Å²) in [5.41, 5.74) is 1.67. The second kappa shape index (κ2) is 4.73. The van der Waals surface area contributed by atoms with Crippen molar-refractivity contribution < 1.29 is 4.79 Å². The molecule has 1 N–H and O–H groups in total. The number of hydrogen-bond donors (Lipinski definition) is 1. The van der Waals surface area contributed by atoms with Crippen molar-refractivity contribution in [2.24, 2.45) is 5.41 Å². The Hall–Kier alpha value is -1.35. The zero-order valence-electron chi connectivity index (χ0n) is 10.7. The van der Waals surface area contributed by atoms with Crippen molar-refractivity contribution in [3.63, 3.8) is 0 Å². The lowest BCUT2D eigenvalue weighted by Crippen LogP contribution is -2.59. The van der Waals surface area contributed by atoms with Crippen molar-refractivity contribution in [1.29, 1.82) is 0 Å². The van der Waals surface area contributed by atoms with Gasteiger partial charge in [-0.3, -0.25) is 4.79 Å². The maximum absolute atomic E-state index is 12.0. The van der Waals surface area contributed by atoms with E-state index < -0.39 is 0 Å². The van der Waals surface area contributed by atoms with E-state index in [1.807, 2.05) is 23.1 Å². The highest BCUT2D eigenvalue weighted by molar-refractivity contribution is 5.77. The molecular weight excluding hydrogens is 224 g/mol. The molecule has 2 heterocycles. The summed E-state index contributed by atoms with van der Waals surface area (Å²) in [6, 6.07) is 10.3. The Labute approximate surface area is 108 Å². The summed E-state index contributed by atoms with van der Waals surface area (Å²) in [5.74, 6) is 0.316. The quantitative estimate of drug-likeness (QED) is 0.872. The monoisotopic (exact) mass is 244 g/mol. The van der Waals surface area contributed by atoms with Crippen LogP contribution in [0.5, 0.6) is 0 Å². The molecule has 1 amide bonds. The maximum atomic E-state index is 12.0. The fourth-order valence-corrected chi connectivity index (χ4v) is 3.06. The van der Waals surface area contributed by atoms with E-state index >= 15 is 0 Å². The molecule has 96 valence electrons. The molecule has 3 nitrogen and oxygen atoms in total. The Balaban J connectivity index is 1.46. The molecule has 1 aromatic rings. The van der Waals surface area contributed by atoms with Crippen LogP contribution in [-0.2, 0) is 11.2 Å². The number of rotatable bonds is 3. The third kappa shape index (κ3) is 2.27. The minimum atomic E-state index is 0.316. The number of likely N-dealkylation sites (tertiary alicyclic amines) is 1. The highest BCUT2D eigenvalue weighted by Crippen LogP contribution is 2.36. The average Bonchev–Trinajstić information content (AvgIpc) is 2.85. The van der Waals surface area contributed by atoms with Crippen LogP contribution in [0.25, 0.3) is 0 Å². The molecule has 2 aliphatic rings. The zero-order valence-corrected chi connectivity index (χ0v) is 10.7. The zero-order chi connectivity index (χ0) is 12.4. The first kappa shape index (κ1) is 11.7. The van der Waals surface area contributed by atoms with Gasteiger partial charge in [-0.1, -0.05) is 30.3 Å². The Morgan fingerprint density at radius 2 is 2.06 bits per heavy atom. The summed E-state index contributed by atoms with van der Waals surface area (Å²) in [5, 5.41) is 3.39. The van der Waals surface area contributed by atoms with Gasteiger partial charge in [0, 0.05) is 31.5 Å². The highest BCUT2D eigenvalue weighted by atomic mass is 16.2. The largest absolute Gasteiger partial charge is 0.341 e. The van der Waals surface area contributed by atoms with E-state index in [1.165, 1.54) is 12.0 Å². The number of aryl methyl sites for hydroxylation is 1. The molecule has 1 aromatic carbocycles. The second-order valence-electron chi connectivity index (χ2n) is 5.66. The molecule has 2 fully saturated rings. The lowest BCUT2D eigenvalue weighted by Gasteiger charge is -2.47.